The van der Waals surface area contributed by atoms with Crippen molar-refractivity contribution in [3.05, 3.63) is 18.2 Å². The molecular weight excluding hydrogens is 342 g/mol. The van der Waals surface area contributed by atoms with Gasteiger partial charge in [0.1, 0.15) is 13.2 Å². The molecule has 0 aliphatic carbocycles. The number of urea groups is 1. The van der Waals surface area contributed by atoms with Gasteiger partial charge in [-0.3, -0.25) is 4.79 Å². The molecule has 3 amide bonds. The van der Waals surface area contributed by atoms with Crippen LogP contribution in [0.1, 0.15) is 6.42 Å². The van der Waals surface area contributed by atoms with Gasteiger partial charge in [0.05, 0.1) is 12.6 Å². The zero-order valence-corrected chi connectivity index (χ0v) is 14.8. The molecule has 2 N–H and O–H groups in total. The molecule has 3 rings (SSSR count). The van der Waals surface area contributed by atoms with Gasteiger partial charge in [0.15, 0.2) is 17.8 Å². The molecule has 9 nitrogen and oxygen atoms in total. The summed E-state index contributed by atoms with van der Waals surface area (Å²) in [4.78, 5) is 25.9. The highest BCUT2D eigenvalue weighted by Gasteiger charge is 2.32. The third kappa shape index (κ3) is 4.17. The van der Waals surface area contributed by atoms with E-state index in [1.807, 2.05) is 6.07 Å². The number of rotatable bonds is 6. The summed E-state index contributed by atoms with van der Waals surface area (Å²) in [7, 11) is 2.99. The van der Waals surface area contributed by atoms with Crippen molar-refractivity contribution in [2.75, 3.05) is 45.4 Å². The first-order valence-corrected chi connectivity index (χ1v) is 8.40. The molecule has 1 aromatic rings. The lowest BCUT2D eigenvalue weighted by molar-refractivity contribution is -0.117. The molecule has 2 heterocycles. The fraction of sp³-hybridized carbons (Fsp3) is 0.529. The van der Waals surface area contributed by atoms with Crippen LogP contribution < -0.4 is 25.0 Å². The Kier molecular flexibility index (Phi) is 5.79. The van der Waals surface area contributed by atoms with Gasteiger partial charge in [0.2, 0.25) is 5.91 Å². The molecular formula is C17H23N3O6. The van der Waals surface area contributed by atoms with Crippen LogP contribution in [0.3, 0.4) is 0 Å². The SMILES string of the molecule is COC(CNC(=O)N[C@@H]1CC(=O)N(c2ccc3c(c2)OCCO3)C1)OC. The minimum atomic E-state index is -0.514. The van der Waals surface area contributed by atoms with Crippen molar-refractivity contribution in [2.24, 2.45) is 0 Å². The predicted octanol–water partition coefficient (Wildman–Crippen LogP) is 0.481. The van der Waals surface area contributed by atoms with Gasteiger partial charge in [-0.05, 0) is 12.1 Å². The lowest BCUT2D eigenvalue weighted by Crippen LogP contribution is -2.46. The summed E-state index contributed by atoms with van der Waals surface area (Å²) in [5, 5.41) is 5.45. The number of methoxy groups -OCH3 is 2. The van der Waals surface area contributed by atoms with E-state index in [0.29, 0.717) is 31.3 Å². The van der Waals surface area contributed by atoms with Crippen LogP contribution >= 0.6 is 0 Å². The molecule has 0 radical (unpaired) electrons. The smallest absolute Gasteiger partial charge is 0.315 e. The van der Waals surface area contributed by atoms with Crippen molar-refractivity contribution in [3.63, 3.8) is 0 Å². The van der Waals surface area contributed by atoms with E-state index >= 15 is 0 Å². The highest BCUT2D eigenvalue weighted by molar-refractivity contribution is 5.97. The van der Waals surface area contributed by atoms with Crippen LogP contribution in [0.2, 0.25) is 0 Å². The highest BCUT2D eigenvalue weighted by Crippen LogP contribution is 2.35. The molecule has 2 aliphatic rings. The van der Waals surface area contributed by atoms with Crippen LogP contribution in [0.5, 0.6) is 11.5 Å². The Labute approximate surface area is 151 Å². The molecule has 2 aliphatic heterocycles. The highest BCUT2D eigenvalue weighted by atomic mass is 16.7. The van der Waals surface area contributed by atoms with Crippen LogP contribution in [0.15, 0.2) is 18.2 Å². The van der Waals surface area contributed by atoms with Crippen molar-refractivity contribution < 1.29 is 28.5 Å². The van der Waals surface area contributed by atoms with E-state index in [1.165, 1.54) is 14.2 Å². The van der Waals surface area contributed by atoms with Gasteiger partial charge in [0.25, 0.3) is 0 Å². The molecule has 0 unspecified atom stereocenters. The van der Waals surface area contributed by atoms with Crippen LogP contribution in [-0.4, -0.2) is 64.8 Å². The van der Waals surface area contributed by atoms with Gasteiger partial charge >= 0.3 is 6.03 Å². The molecule has 0 bridgehead atoms. The Hall–Kier alpha value is -2.52. The molecule has 1 fully saturated rings. The summed E-state index contributed by atoms with van der Waals surface area (Å²) in [5.74, 6) is 1.24. The zero-order valence-electron chi connectivity index (χ0n) is 14.8. The summed E-state index contributed by atoms with van der Waals surface area (Å²) in [6.07, 6.45) is -0.278. The van der Waals surface area contributed by atoms with Crippen molar-refractivity contribution in [3.8, 4) is 11.5 Å². The molecule has 26 heavy (non-hydrogen) atoms. The van der Waals surface area contributed by atoms with E-state index < -0.39 is 6.29 Å². The minimum Gasteiger partial charge on any atom is -0.486 e. The van der Waals surface area contributed by atoms with E-state index in [-0.39, 0.29) is 30.9 Å². The molecule has 1 aromatic carbocycles. The Balaban J connectivity index is 1.56. The van der Waals surface area contributed by atoms with Gasteiger partial charge in [-0.15, -0.1) is 0 Å². The first kappa shape index (κ1) is 18.3. The Bertz CT molecular complexity index is 664. The van der Waals surface area contributed by atoms with Crippen LogP contribution in [0.4, 0.5) is 10.5 Å². The number of fused-ring (bicyclic) bond motifs is 1. The third-order valence-electron chi connectivity index (χ3n) is 4.25. The van der Waals surface area contributed by atoms with Crippen LogP contribution in [0, 0.1) is 0 Å². The molecule has 1 saturated heterocycles. The van der Waals surface area contributed by atoms with E-state index in [2.05, 4.69) is 10.6 Å². The average Bonchev–Trinajstić information content (AvgIpc) is 3.02. The number of carbonyl (C=O) groups excluding carboxylic acids is 2. The van der Waals surface area contributed by atoms with Gasteiger partial charge in [-0.2, -0.15) is 0 Å². The fourth-order valence-electron chi connectivity index (χ4n) is 2.93. The second-order valence-electron chi connectivity index (χ2n) is 5.99. The molecule has 142 valence electrons. The quantitative estimate of drug-likeness (QED) is 0.712. The number of hydrogen-bond acceptors (Lipinski definition) is 6. The summed E-state index contributed by atoms with van der Waals surface area (Å²) in [5.41, 5.74) is 0.725. The van der Waals surface area contributed by atoms with Gasteiger partial charge < -0.3 is 34.5 Å². The summed E-state index contributed by atoms with van der Waals surface area (Å²) in [6, 6.07) is 4.75. The largest absolute Gasteiger partial charge is 0.486 e. The number of amides is 3. The molecule has 0 aromatic heterocycles. The third-order valence-corrected chi connectivity index (χ3v) is 4.25. The molecule has 9 heteroatoms. The van der Waals surface area contributed by atoms with Gasteiger partial charge in [0, 0.05) is 38.9 Å². The maximum atomic E-state index is 12.3. The summed E-state index contributed by atoms with van der Waals surface area (Å²) < 4.78 is 21.1. The van der Waals surface area contributed by atoms with Crippen molar-refractivity contribution in [1.29, 1.82) is 0 Å². The minimum absolute atomic E-state index is 0.0568. The van der Waals surface area contributed by atoms with E-state index in [4.69, 9.17) is 18.9 Å². The summed E-state index contributed by atoms with van der Waals surface area (Å²) >= 11 is 0. The predicted molar refractivity (Wildman–Crippen MR) is 92.5 cm³/mol. The Morgan fingerprint density at radius 2 is 2.00 bits per heavy atom. The number of benzene rings is 1. The van der Waals surface area contributed by atoms with Crippen LogP contribution in [0.25, 0.3) is 0 Å². The maximum absolute atomic E-state index is 12.3. The number of hydrogen-bond donors (Lipinski definition) is 2. The van der Waals surface area contributed by atoms with Crippen LogP contribution in [-0.2, 0) is 14.3 Å². The Morgan fingerprint density at radius 1 is 1.27 bits per heavy atom. The second kappa shape index (κ2) is 8.24. The van der Waals surface area contributed by atoms with Gasteiger partial charge in [-0.1, -0.05) is 0 Å². The number of nitrogens with zero attached hydrogens (tertiary/aromatic N) is 1. The number of anilines is 1. The van der Waals surface area contributed by atoms with E-state index in [1.54, 1.807) is 17.0 Å². The van der Waals surface area contributed by atoms with Crippen molar-refractivity contribution in [2.45, 2.75) is 18.8 Å². The lowest BCUT2D eigenvalue weighted by atomic mass is 10.2. The van der Waals surface area contributed by atoms with Crippen molar-refractivity contribution >= 4 is 17.6 Å². The first-order chi connectivity index (χ1) is 12.6. The molecule has 1 atom stereocenters. The Morgan fingerprint density at radius 3 is 2.73 bits per heavy atom. The van der Waals surface area contributed by atoms with E-state index in [9.17, 15) is 9.59 Å². The number of nitrogens with one attached hydrogen (secondary N) is 2. The average molecular weight is 365 g/mol. The summed E-state index contributed by atoms with van der Waals surface area (Å²) in [6.45, 7) is 1.61. The lowest BCUT2D eigenvalue weighted by Gasteiger charge is -2.22. The fourth-order valence-corrected chi connectivity index (χ4v) is 2.93. The van der Waals surface area contributed by atoms with Gasteiger partial charge in [-0.25, -0.2) is 4.79 Å². The first-order valence-electron chi connectivity index (χ1n) is 8.40. The van der Waals surface area contributed by atoms with Crippen molar-refractivity contribution in [1.82, 2.24) is 10.6 Å². The molecule has 0 saturated carbocycles. The van der Waals surface area contributed by atoms with E-state index in [0.717, 1.165) is 5.69 Å². The standard InChI is InChI=1S/C17H23N3O6/c1-23-16(24-2)9-18-17(22)19-11-7-15(21)20(10-11)12-3-4-13-14(8-12)26-6-5-25-13/h3-4,8,11,16H,5-7,9-10H2,1-2H3,(H2,18,19,22)/t11-/m1/s1. The normalized spacial score (nSPS) is 19.0. The zero-order chi connectivity index (χ0) is 18.5. The topological polar surface area (TPSA) is 98.4 Å². The monoisotopic (exact) mass is 365 g/mol. The molecule has 0 spiro atoms. The maximum Gasteiger partial charge on any atom is 0.315 e. The number of carbonyl (C=O) groups is 2. The number of ether oxygens (including phenoxy) is 4. The second-order valence-corrected chi connectivity index (χ2v) is 5.99.